The van der Waals surface area contributed by atoms with Gasteiger partial charge in [0.15, 0.2) is 0 Å². The lowest BCUT2D eigenvalue weighted by atomic mass is 10.2. The van der Waals surface area contributed by atoms with Gasteiger partial charge in [-0.25, -0.2) is 13.1 Å². The van der Waals surface area contributed by atoms with Crippen molar-refractivity contribution in [3.8, 4) is 0 Å². The predicted octanol–water partition coefficient (Wildman–Crippen LogP) is 2.74. The second-order valence-electron chi connectivity index (χ2n) is 3.82. The number of rotatable bonds is 7. The fourth-order valence-electron chi connectivity index (χ4n) is 1.37. The van der Waals surface area contributed by atoms with E-state index in [1.807, 2.05) is 0 Å². The third kappa shape index (κ3) is 5.60. The van der Waals surface area contributed by atoms with Crippen LogP contribution in [0.2, 0.25) is 0 Å². The standard InChI is InChI=1S/C11H13Br2NO4S/c12-8-4-5-9(13)10(7-8)19(17,18)14-6-2-1-3-11(15)16/h4-5,7,14H,1-3,6H2,(H,15,16). The molecule has 0 atom stereocenters. The van der Waals surface area contributed by atoms with E-state index in [2.05, 4.69) is 36.6 Å². The molecule has 1 aromatic carbocycles. The molecular weight excluding hydrogens is 402 g/mol. The summed E-state index contributed by atoms with van der Waals surface area (Å²) in [5.41, 5.74) is 0. The first-order valence-corrected chi connectivity index (χ1v) is 8.56. The minimum Gasteiger partial charge on any atom is -0.481 e. The second-order valence-corrected chi connectivity index (χ2v) is 7.33. The summed E-state index contributed by atoms with van der Waals surface area (Å²) in [6.07, 6.45) is 0.969. The Bertz CT molecular complexity index is 560. The summed E-state index contributed by atoms with van der Waals surface area (Å²) in [5, 5.41) is 8.47. The molecule has 2 N–H and O–H groups in total. The van der Waals surface area contributed by atoms with Crippen molar-refractivity contribution in [2.45, 2.75) is 24.2 Å². The molecule has 0 unspecified atom stereocenters. The van der Waals surface area contributed by atoms with Gasteiger partial charge in [-0.05, 0) is 47.0 Å². The molecule has 0 radical (unpaired) electrons. The maximum Gasteiger partial charge on any atom is 0.303 e. The monoisotopic (exact) mass is 413 g/mol. The summed E-state index contributed by atoms with van der Waals surface area (Å²) >= 11 is 6.41. The van der Waals surface area contributed by atoms with Gasteiger partial charge in [-0.2, -0.15) is 0 Å². The van der Waals surface area contributed by atoms with E-state index in [-0.39, 0.29) is 17.9 Å². The maximum absolute atomic E-state index is 12.0. The highest BCUT2D eigenvalue weighted by atomic mass is 79.9. The zero-order valence-electron chi connectivity index (χ0n) is 9.90. The van der Waals surface area contributed by atoms with E-state index in [9.17, 15) is 13.2 Å². The number of hydrogen-bond donors (Lipinski definition) is 2. The summed E-state index contributed by atoms with van der Waals surface area (Å²) in [6.45, 7) is 0.217. The molecule has 5 nitrogen and oxygen atoms in total. The van der Waals surface area contributed by atoms with Crippen LogP contribution in [-0.2, 0) is 14.8 Å². The lowest BCUT2D eigenvalue weighted by molar-refractivity contribution is -0.137. The molecule has 0 heterocycles. The highest BCUT2D eigenvalue weighted by Gasteiger charge is 2.17. The number of sulfonamides is 1. The zero-order valence-corrected chi connectivity index (χ0v) is 13.9. The average Bonchev–Trinajstić information content (AvgIpc) is 2.31. The van der Waals surface area contributed by atoms with Crippen LogP contribution in [0.4, 0.5) is 0 Å². The van der Waals surface area contributed by atoms with Gasteiger partial charge in [0.05, 0.1) is 4.90 Å². The Morgan fingerprint density at radius 3 is 2.58 bits per heavy atom. The Morgan fingerprint density at radius 1 is 1.26 bits per heavy atom. The number of halogens is 2. The van der Waals surface area contributed by atoms with Gasteiger partial charge in [0.1, 0.15) is 0 Å². The Kier molecular flexibility index (Phi) is 6.45. The van der Waals surface area contributed by atoms with Crippen LogP contribution in [-0.4, -0.2) is 26.0 Å². The fraction of sp³-hybridized carbons (Fsp3) is 0.364. The van der Waals surface area contributed by atoms with Crippen molar-refractivity contribution in [1.29, 1.82) is 0 Å². The van der Waals surface area contributed by atoms with E-state index >= 15 is 0 Å². The fourth-order valence-corrected chi connectivity index (χ4v) is 3.94. The molecule has 0 fully saturated rings. The summed E-state index contributed by atoms with van der Waals surface area (Å²) < 4.78 is 27.6. The number of carboxylic acids is 1. The zero-order chi connectivity index (χ0) is 14.5. The quantitative estimate of drug-likeness (QED) is 0.672. The first kappa shape index (κ1) is 16.6. The summed E-state index contributed by atoms with van der Waals surface area (Å²) in [7, 11) is -3.59. The Balaban J connectivity index is 2.61. The normalized spacial score (nSPS) is 11.5. The van der Waals surface area contributed by atoms with Crippen molar-refractivity contribution in [3.05, 3.63) is 27.1 Å². The van der Waals surface area contributed by atoms with Crippen molar-refractivity contribution < 1.29 is 18.3 Å². The van der Waals surface area contributed by atoms with E-state index in [0.29, 0.717) is 21.8 Å². The number of carboxylic acid groups (broad SMARTS) is 1. The van der Waals surface area contributed by atoms with Crippen molar-refractivity contribution in [2.75, 3.05) is 6.54 Å². The molecule has 0 saturated heterocycles. The van der Waals surface area contributed by atoms with Crippen LogP contribution < -0.4 is 4.72 Å². The third-order valence-corrected chi connectivity index (χ3v) is 5.24. The van der Waals surface area contributed by atoms with Crippen LogP contribution in [0.3, 0.4) is 0 Å². The molecule has 0 aliphatic carbocycles. The minimum atomic E-state index is -3.59. The SMILES string of the molecule is O=C(O)CCCCNS(=O)(=O)c1cc(Br)ccc1Br. The van der Waals surface area contributed by atoms with Gasteiger partial charge in [0.25, 0.3) is 0 Å². The molecule has 0 aliphatic rings. The van der Waals surface area contributed by atoms with Crippen molar-refractivity contribution >= 4 is 47.9 Å². The van der Waals surface area contributed by atoms with E-state index < -0.39 is 16.0 Å². The first-order chi connectivity index (χ1) is 8.83. The van der Waals surface area contributed by atoms with Crippen LogP contribution in [0.25, 0.3) is 0 Å². The molecular formula is C11H13Br2NO4S. The molecule has 0 aromatic heterocycles. The largest absolute Gasteiger partial charge is 0.481 e. The third-order valence-electron chi connectivity index (χ3n) is 2.29. The molecule has 0 spiro atoms. The first-order valence-electron chi connectivity index (χ1n) is 5.49. The molecule has 0 aliphatic heterocycles. The summed E-state index contributed by atoms with van der Waals surface area (Å²) in [4.78, 5) is 10.5. The molecule has 8 heteroatoms. The molecule has 19 heavy (non-hydrogen) atoms. The van der Waals surface area contributed by atoms with Gasteiger partial charge in [-0.1, -0.05) is 15.9 Å². The van der Waals surface area contributed by atoms with Crippen LogP contribution in [0.15, 0.2) is 32.0 Å². The molecule has 0 bridgehead atoms. The molecule has 106 valence electrons. The van der Waals surface area contributed by atoms with Crippen LogP contribution >= 0.6 is 31.9 Å². The topological polar surface area (TPSA) is 83.5 Å². The Morgan fingerprint density at radius 2 is 1.95 bits per heavy atom. The average molecular weight is 415 g/mol. The maximum atomic E-state index is 12.0. The van der Waals surface area contributed by atoms with Crippen LogP contribution in [0.1, 0.15) is 19.3 Å². The highest BCUT2D eigenvalue weighted by molar-refractivity contribution is 9.11. The van der Waals surface area contributed by atoms with E-state index in [1.165, 1.54) is 6.07 Å². The molecule has 1 aromatic rings. The van der Waals surface area contributed by atoms with Crippen LogP contribution in [0, 0.1) is 0 Å². The van der Waals surface area contributed by atoms with Crippen molar-refractivity contribution in [1.82, 2.24) is 4.72 Å². The number of carbonyl (C=O) groups is 1. The van der Waals surface area contributed by atoms with Crippen LogP contribution in [0.5, 0.6) is 0 Å². The van der Waals surface area contributed by atoms with E-state index in [1.54, 1.807) is 12.1 Å². The molecule has 1 rings (SSSR count). The van der Waals surface area contributed by atoms with E-state index in [4.69, 9.17) is 5.11 Å². The Hall–Kier alpha value is -0.440. The minimum absolute atomic E-state index is 0.0440. The number of unbranched alkanes of at least 4 members (excludes halogenated alkanes) is 1. The van der Waals surface area contributed by atoms with Crippen molar-refractivity contribution in [2.24, 2.45) is 0 Å². The smallest absolute Gasteiger partial charge is 0.303 e. The van der Waals surface area contributed by atoms with Crippen molar-refractivity contribution in [3.63, 3.8) is 0 Å². The van der Waals surface area contributed by atoms with Gasteiger partial charge in [0.2, 0.25) is 10.0 Å². The van der Waals surface area contributed by atoms with Gasteiger partial charge in [-0.3, -0.25) is 4.79 Å². The Labute approximate surface area is 128 Å². The number of hydrogen-bond acceptors (Lipinski definition) is 3. The molecule has 0 saturated carbocycles. The second kappa shape index (κ2) is 7.37. The lowest BCUT2D eigenvalue weighted by Crippen LogP contribution is -2.25. The number of benzene rings is 1. The number of nitrogens with one attached hydrogen (secondary N) is 1. The van der Waals surface area contributed by atoms with Gasteiger partial charge in [0, 0.05) is 21.9 Å². The highest BCUT2D eigenvalue weighted by Crippen LogP contribution is 2.25. The summed E-state index contributed by atoms with van der Waals surface area (Å²) in [5.74, 6) is -0.877. The van der Waals surface area contributed by atoms with Gasteiger partial charge < -0.3 is 5.11 Å². The molecule has 0 amide bonds. The van der Waals surface area contributed by atoms with Gasteiger partial charge >= 0.3 is 5.97 Å². The lowest BCUT2D eigenvalue weighted by Gasteiger charge is -2.08. The van der Waals surface area contributed by atoms with E-state index in [0.717, 1.165) is 0 Å². The van der Waals surface area contributed by atoms with Gasteiger partial charge in [-0.15, -0.1) is 0 Å². The predicted molar refractivity (Wildman–Crippen MR) is 78.5 cm³/mol. The number of aliphatic carboxylic acids is 1. The summed E-state index contributed by atoms with van der Waals surface area (Å²) in [6, 6.07) is 4.88.